The summed E-state index contributed by atoms with van der Waals surface area (Å²) in [6, 6.07) is -0.535. The molecule has 0 radical (unpaired) electrons. The molecule has 0 aromatic heterocycles. The average Bonchev–Trinajstić information content (AvgIpc) is 2.21. The second kappa shape index (κ2) is 8.37. The number of alkyl halides is 3. The summed E-state index contributed by atoms with van der Waals surface area (Å²) >= 11 is 0. The first-order valence-corrected chi connectivity index (χ1v) is 6.50. The van der Waals surface area contributed by atoms with Gasteiger partial charge in [0.15, 0.2) is 0 Å². The maximum absolute atomic E-state index is 12.4. The van der Waals surface area contributed by atoms with Gasteiger partial charge < -0.3 is 11.1 Å². The van der Waals surface area contributed by atoms with E-state index in [9.17, 15) is 18.0 Å². The minimum Gasteiger partial charge on any atom is -0.368 e. The van der Waals surface area contributed by atoms with Crippen LogP contribution in [0.1, 0.15) is 33.6 Å². The summed E-state index contributed by atoms with van der Waals surface area (Å²) < 4.78 is 37.1. The zero-order chi connectivity index (χ0) is 15.1. The van der Waals surface area contributed by atoms with Crippen LogP contribution in [-0.2, 0) is 4.79 Å². The summed E-state index contributed by atoms with van der Waals surface area (Å²) in [5.41, 5.74) is 5.23. The van der Waals surface area contributed by atoms with Crippen molar-refractivity contribution in [3.63, 3.8) is 0 Å². The van der Waals surface area contributed by atoms with Gasteiger partial charge >= 0.3 is 6.18 Å². The van der Waals surface area contributed by atoms with E-state index in [0.717, 1.165) is 0 Å². The summed E-state index contributed by atoms with van der Waals surface area (Å²) in [5.74, 6) is -0.530. The van der Waals surface area contributed by atoms with Crippen molar-refractivity contribution >= 4 is 5.91 Å². The van der Waals surface area contributed by atoms with Gasteiger partial charge in [0, 0.05) is 12.6 Å². The van der Waals surface area contributed by atoms with Crippen LogP contribution < -0.4 is 11.1 Å². The van der Waals surface area contributed by atoms with Crippen molar-refractivity contribution in [2.45, 2.75) is 51.9 Å². The fraction of sp³-hybridized carbons (Fsp3) is 0.917. The van der Waals surface area contributed by atoms with Gasteiger partial charge in [-0.2, -0.15) is 13.2 Å². The highest BCUT2D eigenvalue weighted by atomic mass is 19.4. The van der Waals surface area contributed by atoms with Crippen molar-refractivity contribution in [2.24, 2.45) is 5.73 Å². The topological polar surface area (TPSA) is 58.4 Å². The monoisotopic (exact) mass is 283 g/mol. The summed E-state index contributed by atoms with van der Waals surface area (Å²) in [7, 11) is 0. The SMILES string of the molecule is CCCN(CCC(NC(C)C)C(N)=O)CC(F)(F)F. The lowest BCUT2D eigenvalue weighted by Gasteiger charge is -2.25. The standard InChI is InChI=1S/C12H24F3N3O/c1-4-6-18(8-12(13,14)15)7-5-10(11(16)19)17-9(2)3/h9-10,17H,4-8H2,1-3H3,(H2,16,19). The van der Waals surface area contributed by atoms with E-state index in [2.05, 4.69) is 5.32 Å². The molecular weight excluding hydrogens is 259 g/mol. The predicted molar refractivity (Wildman–Crippen MR) is 68.7 cm³/mol. The number of carbonyl (C=O) groups excluding carboxylic acids is 1. The molecule has 19 heavy (non-hydrogen) atoms. The van der Waals surface area contributed by atoms with Crippen LogP contribution in [0, 0.1) is 0 Å². The first-order chi connectivity index (χ1) is 8.65. The highest BCUT2D eigenvalue weighted by Crippen LogP contribution is 2.17. The molecule has 0 aliphatic rings. The molecule has 1 unspecified atom stereocenters. The fourth-order valence-corrected chi connectivity index (χ4v) is 1.86. The molecule has 4 nitrogen and oxygen atoms in total. The Labute approximate surface area is 112 Å². The van der Waals surface area contributed by atoms with Crippen LogP contribution in [0.15, 0.2) is 0 Å². The van der Waals surface area contributed by atoms with Crippen LogP contribution in [-0.4, -0.2) is 48.7 Å². The van der Waals surface area contributed by atoms with Crippen LogP contribution in [0.25, 0.3) is 0 Å². The molecule has 0 heterocycles. The van der Waals surface area contributed by atoms with Gasteiger partial charge in [-0.1, -0.05) is 20.8 Å². The maximum atomic E-state index is 12.4. The number of hydrogen-bond donors (Lipinski definition) is 2. The second-order valence-electron chi connectivity index (χ2n) is 4.96. The summed E-state index contributed by atoms with van der Waals surface area (Å²) in [5, 5.41) is 2.96. The summed E-state index contributed by atoms with van der Waals surface area (Å²) in [4.78, 5) is 12.5. The number of nitrogens with two attached hydrogens (primary N) is 1. The van der Waals surface area contributed by atoms with E-state index in [0.29, 0.717) is 13.0 Å². The molecule has 0 bridgehead atoms. The molecule has 114 valence electrons. The number of hydrogen-bond acceptors (Lipinski definition) is 3. The zero-order valence-corrected chi connectivity index (χ0v) is 11.8. The lowest BCUT2D eigenvalue weighted by atomic mass is 10.1. The van der Waals surface area contributed by atoms with E-state index >= 15 is 0 Å². The Morgan fingerprint density at radius 1 is 1.32 bits per heavy atom. The highest BCUT2D eigenvalue weighted by molar-refractivity contribution is 5.79. The molecule has 1 amide bonds. The zero-order valence-electron chi connectivity index (χ0n) is 11.8. The Hall–Kier alpha value is -0.820. The molecule has 0 aromatic carbocycles. The van der Waals surface area contributed by atoms with E-state index in [-0.39, 0.29) is 19.0 Å². The van der Waals surface area contributed by atoms with Gasteiger partial charge in [0.1, 0.15) is 0 Å². The molecule has 0 spiro atoms. The average molecular weight is 283 g/mol. The van der Waals surface area contributed by atoms with E-state index in [4.69, 9.17) is 5.73 Å². The normalized spacial score (nSPS) is 14.1. The molecule has 0 fully saturated rings. The Balaban J connectivity index is 4.37. The minimum atomic E-state index is -4.22. The number of rotatable bonds is 9. The maximum Gasteiger partial charge on any atom is 0.401 e. The highest BCUT2D eigenvalue weighted by Gasteiger charge is 2.30. The van der Waals surface area contributed by atoms with Crippen molar-refractivity contribution in [1.29, 1.82) is 0 Å². The third-order valence-electron chi connectivity index (χ3n) is 2.55. The molecule has 7 heteroatoms. The Morgan fingerprint density at radius 3 is 2.26 bits per heavy atom. The number of amides is 1. The molecule has 3 N–H and O–H groups in total. The van der Waals surface area contributed by atoms with Crippen molar-refractivity contribution in [3.8, 4) is 0 Å². The third kappa shape index (κ3) is 9.72. The number of carbonyl (C=O) groups is 1. The fourth-order valence-electron chi connectivity index (χ4n) is 1.86. The summed E-state index contributed by atoms with van der Waals surface area (Å²) in [6.07, 6.45) is -3.30. The first-order valence-electron chi connectivity index (χ1n) is 6.50. The van der Waals surface area contributed by atoms with E-state index in [1.165, 1.54) is 4.90 Å². The van der Waals surface area contributed by atoms with Crippen molar-refractivity contribution in [2.75, 3.05) is 19.6 Å². The smallest absolute Gasteiger partial charge is 0.368 e. The van der Waals surface area contributed by atoms with Gasteiger partial charge in [-0.15, -0.1) is 0 Å². The molecule has 0 aliphatic carbocycles. The van der Waals surface area contributed by atoms with Gasteiger partial charge in [-0.3, -0.25) is 9.69 Å². The number of nitrogens with zero attached hydrogens (tertiary/aromatic N) is 1. The number of halogens is 3. The van der Waals surface area contributed by atoms with Crippen LogP contribution >= 0.6 is 0 Å². The van der Waals surface area contributed by atoms with Crippen molar-refractivity contribution in [3.05, 3.63) is 0 Å². The quantitative estimate of drug-likeness (QED) is 0.674. The molecule has 0 aromatic rings. The molecule has 0 saturated heterocycles. The molecule has 0 aliphatic heterocycles. The van der Waals surface area contributed by atoms with Gasteiger partial charge in [0.05, 0.1) is 12.6 Å². The van der Waals surface area contributed by atoms with Gasteiger partial charge in [-0.05, 0) is 19.4 Å². The molecular formula is C12H24F3N3O. The van der Waals surface area contributed by atoms with Crippen LogP contribution in [0.3, 0.4) is 0 Å². The largest absolute Gasteiger partial charge is 0.401 e. The minimum absolute atomic E-state index is 0.0553. The van der Waals surface area contributed by atoms with Crippen LogP contribution in [0.2, 0.25) is 0 Å². The molecule has 0 saturated carbocycles. The van der Waals surface area contributed by atoms with Gasteiger partial charge in [0.2, 0.25) is 5.91 Å². The Morgan fingerprint density at radius 2 is 1.89 bits per heavy atom. The van der Waals surface area contributed by atoms with Crippen molar-refractivity contribution < 1.29 is 18.0 Å². The third-order valence-corrected chi connectivity index (χ3v) is 2.55. The molecule has 0 rings (SSSR count). The van der Waals surface area contributed by atoms with Crippen LogP contribution in [0.5, 0.6) is 0 Å². The Kier molecular flexibility index (Phi) is 8.01. The van der Waals surface area contributed by atoms with E-state index < -0.39 is 24.7 Å². The van der Waals surface area contributed by atoms with Gasteiger partial charge in [-0.25, -0.2) is 0 Å². The number of primary amides is 1. The lowest BCUT2D eigenvalue weighted by molar-refractivity contribution is -0.146. The predicted octanol–water partition coefficient (Wildman–Crippen LogP) is 1.50. The first kappa shape index (κ1) is 18.2. The number of nitrogens with one attached hydrogen (secondary N) is 1. The second-order valence-corrected chi connectivity index (χ2v) is 4.96. The van der Waals surface area contributed by atoms with Crippen molar-refractivity contribution in [1.82, 2.24) is 10.2 Å². The molecule has 1 atom stereocenters. The van der Waals surface area contributed by atoms with Crippen LogP contribution in [0.4, 0.5) is 13.2 Å². The summed E-state index contributed by atoms with van der Waals surface area (Å²) in [6.45, 7) is 5.13. The van der Waals surface area contributed by atoms with E-state index in [1.807, 2.05) is 20.8 Å². The van der Waals surface area contributed by atoms with Gasteiger partial charge in [0.25, 0.3) is 0 Å². The Bertz CT molecular complexity index is 269. The van der Waals surface area contributed by atoms with E-state index in [1.54, 1.807) is 0 Å². The lowest BCUT2D eigenvalue weighted by Crippen LogP contribution is -2.47.